The van der Waals surface area contributed by atoms with E-state index in [-0.39, 0.29) is 25.4 Å². The van der Waals surface area contributed by atoms with E-state index < -0.39 is 24.1 Å². The number of carbonyl (C=O) groups is 3. The molecule has 96 valence electrons. The van der Waals surface area contributed by atoms with Crippen molar-refractivity contribution in [2.45, 2.75) is 39.3 Å². The van der Waals surface area contributed by atoms with Crippen molar-refractivity contribution >= 4 is 17.8 Å². The normalized spacial score (nSPS) is 23.7. The molecule has 1 saturated heterocycles. The largest absolute Gasteiger partial charge is 0.464 e. The van der Waals surface area contributed by atoms with Crippen LogP contribution in [0.5, 0.6) is 0 Å². The Labute approximate surface area is 99.9 Å². The van der Waals surface area contributed by atoms with Crippen LogP contribution >= 0.6 is 0 Å². The van der Waals surface area contributed by atoms with Gasteiger partial charge in [0, 0.05) is 6.42 Å². The van der Waals surface area contributed by atoms with E-state index in [2.05, 4.69) is 0 Å². The number of rotatable bonds is 3. The summed E-state index contributed by atoms with van der Waals surface area (Å²) in [7, 11) is 0. The molecule has 1 aliphatic rings. The SMILES string of the molecule is CCOC(=O)[C@H]1CC(=O)[C@@H](C)N1C(=O)OCC. The number of carbonyl (C=O) groups excluding carboxylic acids is 3. The third-order valence-corrected chi connectivity index (χ3v) is 2.65. The Hall–Kier alpha value is -1.59. The van der Waals surface area contributed by atoms with E-state index in [0.717, 1.165) is 4.90 Å². The fourth-order valence-electron chi connectivity index (χ4n) is 1.80. The average Bonchev–Trinajstić information content (AvgIpc) is 2.56. The zero-order valence-corrected chi connectivity index (χ0v) is 10.3. The van der Waals surface area contributed by atoms with Crippen LogP contribution < -0.4 is 0 Å². The molecule has 1 heterocycles. The zero-order chi connectivity index (χ0) is 13.0. The third-order valence-electron chi connectivity index (χ3n) is 2.65. The number of ether oxygens (including phenoxy) is 2. The standard InChI is InChI=1S/C11H17NO5/c1-4-16-10(14)8-6-9(13)7(3)12(8)11(15)17-5-2/h7-8H,4-6H2,1-3H3/t7-,8-/m1/s1. The first-order valence-electron chi connectivity index (χ1n) is 5.67. The van der Waals surface area contributed by atoms with Crippen LogP contribution in [0.25, 0.3) is 0 Å². The van der Waals surface area contributed by atoms with Crippen LogP contribution in [0.2, 0.25) is 0 Å². The molecule has 0 aliphatic carbocycles. The van der Waals surface area contributed by atoms with Gasteiger partial charge in [0.05, 0.1) is 19.3 Å². The van der Waals surface area contributed by atoms with Gasteiger partial charge in [-0.3, -0.25) is 9.69 Å². The number of nitrogens with zero attached hydrogens (tertiary/aromatic N) is 1. The molecule has 0 N–H and O–H groups in total. The minimum Gasteiger partial charge on any atom is -0.464 e. The molecule has 1 rings (SSSR count). The summed E-state index contributed by atoms with van der Waals surface area (Å²) in [5.41, 5.74) is 0. The highest BCUT2D eigenvalue weighted by molar-refractivity contribution is 5.97. The second kappa shape index (κ2) is 5.65. The van der Waals surface area contributed by atoms with Crippen molar-refractivity contribution in [2.24, 2.45) is 0 Å². The molecule has 17 heavy (non-hydrogen) atoms. The Balaban J connectivity index is 2.84. The molecule has 0 aromatic heterocycles. The smallest absolute Gasteiger partial charge is 0.411 e. The number of ketones is 1. The van der Waals surface area contributed by atoms with Crippen LogP contribution in [0.4, 0.5) is 4.79 Å². The van der Waals surface area contributed by atoms with Crippen molar-refractivity contribution in [3.8, 4) is 0 Å². The van der Waals surface area contributed by atoms with Gasteiger partial charge in [-0.25, -0.2) is 9.59 Å². The monoisotopic (exact) mass is 243 g/mol. The predicted molar refractivity (Wildman–Crippen MR) is 58.4 cm³/mol. The molecular weight excluding hydrogens is 226 g/mol. The quantitative estimate of drug-likeness (QED) is 0.683. The summed E-state index contributed by atoms with van der Waals surface area (Å²) < 4.78 is 9.67. The molecule has 2 atom stereocenters. The van der Waals surface area contributed by atoms with Gasteiger partial charge in [-0.2, -0.15) is 0 Å². The topological polar surface area (TPSA) is 72.9 Å². The van der Waals surface area contributed by atoms with Gasteiger partial charge in [0.25, 0.3) is 0 Å². The first kappa shape index (κ1) is 13.5. The molecule has 0 radical (unpaired) electrons. The molecule has 0 spiro atoms. The molecule has 0 aromatic carbocycles. The van der Waals surface area contributed by atoms with Crippen molar-refractivity contribution in [1.29, 1.82) is 0 Å². The fraction of sp³-hybridized carbons (Fsp3) is 0.727. The predicted octanol–water partition coefficient (Wildman–Crippen LogP) is 0.738. The molecule has 0 aromatic rings. The first-order valence-corrected chi connectivity index (χ1v) is 5.67. The Morgan fingerprint density at radius 3 is 2.41 bits per heavy atom. The summed E-state index contributed by atoms with van der Waals surface area (Å²) >= 11 is 0. The number of hydrogen-bond donors (Lipinski definition) is 0. The lowest BCUT2D eigenvalue weighted by atomic mass is 10.2. The van der Waals surface area contributed by atoms with Crippen molar-refractivity contribution < 1.29 is 23.9 Å². The van der Waals surface area contributed by atoms with E-state index >= 15 is 0 Å². The maximum absolute atomic E-state index is 11.7. The van der Waals surface area contributed by atoms with Gasteiger partial charge in [-0.05, 0) is 20.8 Å². The molecule has 6 heteroatoms. The van der Waals surface area contributed by atoms with E-state index in [1.54, 1.807) is 20.8 Å². The van der Waals surface area contributed by atoms with Crippen LogP contribution in [0, 0.1) is 0 Å². The molecule has 1 fully saturated rings. The van der Waals surface area contributed by atoms with Crippen molar-refractivity contribution in [3.05, 3.63) is 0 Å². The summed E-state index contributed by atoms with van der Waals surface area (Å²) in [6, 6.07) is -1.49. The number of hydrogen-bond acceptors (Lipinski definition) is 5. The highest BCUT2D eigenvalue weighted by atomic mass is 16.6. The van der Waals surface area contributed by atoms with Crippen LogP contribution in [-0.2, 0) is 19.1 Å². The van der Waals surface area contributed by atoms with Gasteiger partial charge in [-0.1, -0.05) is 0 Å². The summed E-state index contributed by atoms with van der Waals surface area (Å²) in [5.74, 6) is -0.714. The highest BCUT2D eigenvalue weighted by Gasteiger charge is 2.45. The van der Waals surface area contributed by atoms with Gasteiger partial charge in [0.15, 0.2) is 5.78 Å². The van der Waals surface area contributed by atoms with Gasteiger partial charge >= 0.3 is 12.1 Å². The number of likely N-dealkylation sites (tertiary alicyclic amines) is 1. The Morgan fingerprint density at radius 2 is 1.88 bits per heavy atom. The molecule has 0 unspecified atom stereocenters. The van der Waals surface area contributed by atoms with Crippen molar-refractivity contribution in [2.75, 3.05) is 13.2 Å². The summed E-state index contributed by atoms with van der Waals surface area (Å²) in [6.45, 7) is 5.34. The zero-order valence-electron chi connectivity index (χ0n) is 10.3. The van der Waals surface area contributed by atoms with Gasteiger partial charge in [0.1, 0.15) is 6.04 Å². The molecule has 1 aliphatic heterocycles. The maximum atomic E-state index is 11.7. The molecule has 1 amide bonds. The van der Waals surface area contributed by atoms with E-state index in [9.17, 15) is 14.4 Å². The second-order valence-electron chi connectivity index (χ2n) is 3.72. The van der Waals surface area contributed by atoms with Crippen molar-refractivity contribution in [1.82, 2.24) is 4.90 Å². The Bertz CT molecular complexity index is 328. The number of amides is 1. The summed E-state index contributed by atoms with van der Waals surface area (Å²) in [5, 5.41) is 0. The van der Waals surface area contributed by atoms with E-state index in [4.69, 9.17) is 9.47 Å². The summed E-state index contributed by atoms with van der Waals surface area (Å²) in [4.78, 5) is 36.0. The molecule has 6 nitrogen and oxygen atoms in total. The third kappa shape index (κ3) is 2.75. The number of Topliss-reactive ketones (excluding diaryl/α,β-unsaturated/α-hetero) is 1. The molecule has 0 bridgehead atoms. The van der Waals surface area contributed by atoms with Crippen LogP contribution in [0.1, 0.15) is 27.2 Å². The molecular formula is C11H17NO5. The average molecular weight is 243 g/mol. The minimum absolute atomic E-state index is 0.00118. The lowest BCUT2D eigenvalue weighted by Crippen LogP contribution is -2.45. The van der Waals surface area contributed by atoms with E-state index in [1.807, 2.05) is 0 Å². The maximum Gasteiger partial charge on any atom is 0.411 e. The lowest BCUT2D eigenvalue weighted by molar-refractivity contribution is -0.148. The van der Waals surface area contributed by atoms with Gasteiger partial charge in [0.2, 0.25) is 0 Å². The van der Waals surface area contributed by atoms with Crippen LogP contribution in [0.15, 0.2) is 0 Å². The second-order valence-corrected chi connectivity index (χ2v) is 3.72. The highest BCUT2D eigenvalue weighted by Crippen LogP contribution is 2.23. The number of esters is 1. The fourth-order valence-corrected chi connectivity index (χ4v) is 1.80. The molecule has 0 saturated carbocycles. The van der Waals surface area contributed by atoms with Gasteiger partial charge < -0.3 is 9.47 Å². The minimum atomic E-state index is -0.850. The van der Waals surface area contributed by atoms with E-state index in [1.165, 1.54) is 0 Å². The van der Waals surface area contributed by atoms with Crippen LogP contribution in [-0.4, -0.2) is 48.0 Å². The van der Waals surface area contributed by atoms with Crippen LogP contribution in [0.3, 0.4) is 0 Å². The summed E-state index contributed by atoms with van der Waals surface area (Å²) in [6.07, 6.45) is -0.650. The lowest BCUT2D eigenvalue weighted by Gasteiger charge is -2.24. The first-order chi connectivity index (χ1) is 8.02. The van der Waals surface area contributed by atoms with Gasteiger partial charge in [-0.15, -0.1) is 0 Å². The Morgan fingerprint density at radius 1 is 1.29 bits per heavy atom. The van der Waals surface area contributed by atoms with Crippen molar-refractivity contribution in [3.63, 3.8) is 0 Å². The Kier molecular flexibility index (Phi) is 4.48. The van der Waals surface area contributed by atoms with E-state index in [0.29, 0.717) is 0 Å².